The summed E-state index contributed by atoms with van der Waals surface area (Å²) in [6.07, 6.45) is 6.40. The molecule has 0 saturated carbocycles. The van der Waals surface area contributed by atoms with Crippen LogP contribution in [-0.4, -0.2) is 10.9 Å². The van der Waals surface area contributed by atoms with Crippen molar-refractivity contribution in [3.8, 4) is 10.6 Å². The third-order valence-corrected chi connectivity index (χ3v) is 3.60. The van der Waals surface area contributed by atoms with E-state index < -0.39 is 0 Å². The number of furan rings is 1. The van der Waals surface area contributed by atoms with Gasteiger partial charge in [-0.15, -0.1) is 11.3 Å². The number of aromatic nitrogens is 1. The van der Waals surface area contributed by atoms with E-state index in [-0.39, 0.29) is 5.91 Å². The highest BCUT2D eigenvalue weighted by Crippen LogP contribution is 2.23. The van der Waals surface area contributed by atoms with Crippen LogP contribution < -0.4 is 5.32 Å². The first-order valence-corrected chi connectivity index (χ1v) is 7.22. The maximum Gasteiger partial charge on any atom is 0.248 e. The van der Waals surface area contributed by atoms with Crippen molar-refractivity contribution < 1.29 is 9.21 Å². The summed E-state index contributed by atoms with van der Waals surface area (Å²) in [5, 5.41) is 5.69. The number of hydrogen-bond acceptors (Lipinski definition) is 4. The molecule has 5 heteroatoms. The molecule has 2 aromatic heterocycles. The minimum atomic E-state index is -0.201. The maximum absolute atomic E-state index is 11.8. The molecular formula is C16H12N2O2S. The number of carbonyl (C=O) groups excluding carboxylic acids is 1. The van der Waals surface area contributed by atoms with Crippen LogP contribution in [0.2, 0.25) is 0 Å². The Morgan fingerprint density at radius 1 is 1.24 bits per heavy atom. The first-order valence-electron chi connectivity index (χ1n) is 6.34. The largest absolute Gasteiger partial charge is 0.465 e. The fourth-order valence-electron chi connectivity index (χ4n) is 1.79. The Kier molecular flexibility index (Phi) is 3.93. The second kappa shape index (κ2) is 6.19. The van der Waals surface area contributed by atoms with Gasteiger partial charge < -0.3 is 9.73 Å². The molecule has 0 atom stereocenters. The van der Waals surface area contributed by atoms with E-state index >= 15 is 0 Å². The molecule has 21 heavy (non-hydrogen) atoms. The molecule has 0 aliphatic heterocycles. The van der Waals surface area contributed by atoms with Gasteiger partial charge in [0.15, 0.2) is 0 Å². The van der Waals surface area contributed by atoms with E-state index in [1.165, 1.54) is 6.08 Å². The van der Waals surface area contributed by atoms with Gasteiger partial charge in [-0.25, -0.2) is 4.98 Å². The summed E-state index contributed by atoms with van der Waals surface area (Å²) in [5.74, 6) is 0.442. The van der Waals surface area contributed by atoms with Crippen molar-refractivity contribution in [2.24, 2.45) is 0 Å². The average molecular weight is 296 g/mol. The van der Waals surface area contributed by atoms with Crippen molar-refractivity contribution in [1.29, 1.82) is 0 Å². The van der Waals surface area contributed by atoms with Crippen molar-refractivity contribution in [1.82, 2.24) is 4.98 Å². The Morgan fingerprint density at radius 3 is 2.76 bits per heavy atom. The van der Waals surface area contributed by atoms with Crippen LogP contribution in [0, 0.1) is 0 Å². The van der Waals surface area contributed by atoms with Gasteiger partial charge in [0.1, 0.15) is 10.8 Å². The standard InChI is InChI=1S/C16H12N2O2S/c19-15(8-7-14-2-1-10-20-14)18-13-5-3-12(4-6-13)16-17-9-11-21-16/h1-11H,(H,18,19)/b8-7+. The quantitative estimate of drug-likeness (QED) is 0.739. The third-order valence-electron chi connectivity index (χ3n) is 2.77. The number of hydrogen-bond donors (Lipinski definition) is 1. The van der Waals surface area contributed by atoms with Gasteiger partial charge in [0, 0.05) is 28.9 Å². The lowest BCUT2D eigenvalue weighted by atomic mass is 10.2. The van der Waals surface area contributed by atoms with Gasteiger partial charge in [-0.2, -0.15) is 0 Å². The van der Waals surface area contributed by atoms with E-state index in [0.29, 0.717) is 5.76 Å². The predicted octanol–water partition coefficient (Wildman–Crippen LogP) is 4.06. The van der Waals surface area contributed by atoms with Gasteiger partial charge in [0.25, 0.3) is 0 Å². The van der Waals surface area contributed by atoms with Crippen molar-refractivity contribution in [2.75, 3.05) is 5.32 Å². The molecule has 104 valence electrons. The van der Waals surface area contributed by atoms with E-state index in [1.54, 1.807) is 42.0 Å². The van der Waals surface area contributed by atoms with Crippen LogP contribution in [0.4, 0.5) is 5.69 Å². The summed E-state index contributed by atoms with van der Waals surface area (Å²) in [5.41, 5.74) is 1.78. The molecule has 0 saturated heterocycles. The highest BCUT2D eigenvalue weighted by molar-refractivity contribution is 7.13. The number of nitrogens with zero attached hydrogens (tertiary/aromatic N) is 1. The predicted molar refractivity (Wildman–Crippen MR) is 83.9 cm³/mol. The fraction of sp³-hybridized carbons (Fsp3) is 0. The van der Waals surface area contributed by atoms with Gasteiger partial charge in [0.05, 0.1) is 6.26 Å². The molecule has 0 fully saturated rings. The van der Waals surface area contributed by atoms with Crippen molar-refractivity contribution in [2.45, 2.75) is 0 Å². The Hall–Kier alpha value is -2.66. The van der Waals surface area contributed by atoms with Crippen LogP contribution in [0.15, 0.2) is 64.7 Å². The van der Waals surface area contributed by atoms with E-state index in [0.717, 1.165) is 16.3 Å². The molecule has 1 amide bonds. The first-order chi connectivity index (χ1) is 10.3. The summed E-state index contributed by atoms with van der Waals surface area (Å²) in [6.45, 7) is 0. The number of rotatable bonds is 4. The summed E-state index contributed by atoms with van der Waals surface area (Å²) in [7, 11) is 0. The topological polar surface area (TPSA) is 55.1 Å². The van der Waals surface area contributed by atoms with E-state index in [1.807, 2.05) is 29.6 Å². The molecule has 0 aliphatic rings. The number of benzene rings is 1. The number of nitrogens with one attached hydrogen (secondary N) is 1. The number of anilines is 1. The summed E-state index contributed by atoms with van der Waals surface area (Å²) >= 11 is 1.58. The molecule has 0 bridgehead atoms. The fourth-order valence-corrected chi connectivity index (χ4v) is 2.43. The molecule has 0 aliphatic carbocycles. The summed E-state index contributed by atoms with van der Waals surface area (Å²) in [6, 6.07) is 11.1. The summed E-state index contributed by atoms with van der Waals surface area (Å²) in [4.78, 5) is 16.0. The normalized spacial score (nSPS) is 10.9. The molecule has 0 spiro atoms. The minimum absolute atomic E-state index is 0.201. The smallest absolute Gasteiger partial charge is 0.248 e. The zero-order valence-electron chi connectivity index (χ0n) is 11.0. The third kappa shape index (κ3) is 3.46. The zero-order chi connectivity index (χ0) is 14.5. The average Bonchev–Trinajstić information content (AvgIpc) is 3.19. The first kappa shape index (κ1) is 13.3. The van der Waals surface area contributed by atoms with Gasteiger partial charge in [-0.1, -0.05) is 0 Å². The van der Waals surface area contributed by atoms with E-state index in [9.17, 15) is 4.79 Å². The monoisotopic (exact) mass is 296 g/mol. The molecule has 1 N–H and O–H groups in total. The highest BCUT2D eigenvalue weighted by Gasteiger charge is 2.02. The molecular weight excluding hydrogens is 284 g/mol. The number of thiazole rings is 1. The van der Waals surface area contributed by atoms with E-state index in [4.69, 9.17) is 4.42 Å². The van der Waals surface area contributed by atoms with Crippen LogP contribution in [-0.2, 0) is 4.79 Å². The van der Waals surface area contributed by atoms with Gasteiger partial charge in [0.2, 0.25) is 5.91 Å². The maximum atomic E-state index is 11.8. The molecule has 1 aromatic carbocycles. The Bertz CT molecular complexity index is 729. The van der Waals surface area contributed by atoms with Crippen molar-refractivity contribution >= 4 is 29.0 Å². The van der Waals surface area contributed by atoms with Crippen LogP contribution in [0.1, 0.15) is 5.76 Å². The van der Waals surface area contributed by atoms with Crippen LogP contribution in [0.25, 0.3) is 16.6 Å². The SMILES string of the molecule is O=C(/C=C/c1ccco1)Nc1ccc(-c2nccs2)cc1. The summed E-state index contributed by atoms with van der Waals surface area (Å²) < 4.78 is 5.12. The molecule has 0 radical (unpaired) electrons. The van der Waals surface area contributed by atoms with Crippen molar-refractivity contribution in [3.63, 3.8) is 0 Å². The zero-order valence-corrected chi connectivity index (χ0v) is 11.8. The van der Waals surface area contributed by atoms with Crippen LogP contribution in [0.5, 0.6) is 0 Å². The van der Waals surface area contributed by atoms with Crippen LogP contribution in [0.3, 0.4) is 0 Å². The molecule has 0 unspecified atom stereocenters. The molecule has 2 heterocycles. The lowest BCUT2D eigenvalue weighted by Gasteiger charge is -2.03. The van der Waals surface area contributed by atoms with Crippen molar-refractivity contribution in [3.05, 3.63) is 66.1 Å². The van der Waals surface area contributed by atoms with Gasteiger partial charge in [-0.05, 0) is 42.5 Å². The van der Waals surface area contributed by atoms with Gasteiger partial charge >= 0.3 is 0 Å². The second-order valence-electron chi connectivity index (χ2n) is 4.25. The molecule has 3 rings (SSSR count). The number of amides is 1. The molecule has 4 nitrogen and oxygen atoms in total. The Labute approximate surface area is 125 Å². The number of carbonyl (C=O) groups is 1. The lowest BCUT2D eigenvalue weighted by Crippen LogP contribution is -2.07. The second-order valence-corrected chi connectivity index (χ2v) is 5.15. The minimum Gasteiger partial charge on any atom is -0.465 e. The Morgan fingerprint density at radius 2 is 2.10 bits per heavy atom. The Balaban J connectivity index is 1.64. The van der Waals surface area contributed by atoms with Crippen LogP contribution >= 0.6 is 11.3 Å². The molecule has 3 aromatic rings. The highest BCUT2D eigenvalue weighted by atomic mass is 32.1. The van der Waals surface area contributed by atoms with E-state index in [2.05, 4.69) is 10.3 Å². The van der Waals surface area contributed by atoms with Gasteiger partial charge in [-0.3, -0.25) is 4.79 Å². The lowest BCUT2D eigenvalue weighted by molar-refractivity contribution is -0.111.